The summed E-state index contributed by atoms with van der Waals surface area (Å²) in [4.78, 5) is 0. The molecule has 110 valence electrons. The maximum atomic E-state index is 13.4. The first kappa shape index (κ1) is 15.6. The Labute approximate surface area is 134 Å². The van der Waals surface area contributed by atoms with Gasteiger partial charge in [-0.2, -0.15) is 0 Å². The molecular weight excluding hydrogens is 363 g/mol. The molecule has 0 aliphatic carbocycles. The summed E-state index contributed by atoms with van der Waals surface area (Å²) in [5.74, 6) is -0.277. The van der Waals surface area contributed by atoms with E-state index >= 15 is 0 Å². The third kappa shape index (κ3) is 3.65. The van der Waals surface area contributed by atoms with Crippen molar-refractivity contribution in [3.8, 4) is 5.75 Å². The van der Waals surface area contributed by atoms with E-state index in [1.165, 1.54) is 12.1 Å². The van der Waals surface area contributed by atoms with Gasteiger partial charge < -0.3 is 15.7 Å². The quantitative estimate of drug-likeness (QED) is 0.281. The van der Waals surface area contributed by atoms with Crippen LogP contribution in [0.25, 0.3) is 0 Å². The van der Waals surface area contributed by atoms with Gasteiger partial charge in [-0.3, -0.25) is 0 Å². The third-order valence-corrected chi connectivity index (χ3v) is 3.67. The van der Waals surface area contributed by atoms with Crippen molar-refractivity contribution < 1.29 is 14.3 Å². The highest BCUT2D eigenvalue weighted by molar-refractivity contribution is 9.10. The lowest BCUT2D eigenvalue weighted by Crippen LogP contribution is -2.16. The second kappa shape index (κ2) is 6.78. The van der Waals surface area contributed by atoms with Crippen LogP contribution in [-0.4, -0.2) is 11.0 Å². The maximum absolute atomic E-state index is 13.4. The van der Waals surface area contributed by atoms with Gasteiger partial charge in [0.25, 0.3) is 0 Å². The standard InChI is InChI=1S/C14H11BrClFN2O2/c15-10-5-11(16)12(17)6-13(10)21-7-8-3-1-2-4-9(8)14(18)19-20/h1-6,20H,7H2,(H2,18,19). The van der Waals surface area contributed by atoms with E-state index in [2.05, 4.69) is 21.1 Å². The van der Waals surface area contributed by atoms with Gasteiger partial charge in [-0.05, 0) is 22.0 Å². The molecule has 3 N–H and O–H groups in total. The van der Waals surface area contributed by atoms with Gasteiger partial charge in [0.2, 0.25) is 0 Å². The first-order valence-corrected chi connectivity index (χ1v) is 7.03. The maximum Gasteiger partial charge on any atom is 0.170 e. The van der Waals surface area contributed by atoms with E-state index in [9.17, 15) is 4.39 Å². The predicted molar refractivity (Wildman–Crippen MR) is 82.4 cm³/mol. The molecule has 0 heterocycles. The number of halogens is 3. The monoisotopic (exact) mass is 372 g/mol. The molecule has 0 aromatic heterocycles. The number of benzene rings is 2. The Morgan fingerprint density at radius 3 is 2.81 bits per heavy atom. The summed E-state index contributed by atoms with van der Waals surface area (Å²) >= 11 is 8.92. The summed E-state index contributed by atoms with van der Waals surface area (Å²) in [5.41, 5.74) is 6.85. The van der Waals surface area contributed by atoms with E-state index in [4.69, 9.17) is 27.3 Å². The Morgan fingerprint density at radius 2 is 2.10 bits per heavy atom. The molecule has 0 aliphatic rings. The van der Waals surface area contributed by atoms with Gasteiger partial charge in [0.15, 0.2) is 5.84 Å². The van der Waals surface area contributed by atoms with E-state index in [-0.39, 0.29) is 17.5 Å². The van der Waals surface area contributed by atoms with E-state index in [1.54, 1.807) is 24.3 Å². The van der Waals surface area contributed by atoms with Gasteiger partial charge in [-0.1, -0.05) is 41.0 Å². The minimum absolute atomic E-state index is 0.00582. The molecule has 2 aromatic rings. The second-order valence-corrected chi connectivity index (χ2v) is 5.39. The lowest BCUT2D eigenvalue weighted by molar-refractivity contribution is 0.301. The number of rotatable bonds is 4. The SMILES string of the molecule is N/C(=N/O)c1ccccc1COc1cc(F)c(Cl)cc1Br. The van der Waals surface area contributed by atoms with Crippen LogP contribution in [0.4, 0.5) is 4.39 Å². The van der Waals surface area contributed by atoms with Crippen molar-refractivity contribution in [2.45, 2.75) is 6.61 Å². The molecule has 0 unspecified atom stereocenters. The summed E-state index contributed by atoms with van der Waals surface area (Å²) in [5, 5.41) is 11.7. The van der Waals surface area contributed by atoms with Crippen molar-refractivity contribution >= 4 is 33.4 Å². The van der Waals surface area contributed by atoms with Crippen LogP contribution < -0.4 is 10.5 Å². The molecule has 2 aromatic carbocycles. The Kier molecular flexibility index (Phi) is 5.03. The number of hydrogen-bond donors (Lipinski definition) is 2. The first-order valence-electron chi connectivity index (χ1n) is 5.86. The number of oxime groups is 1. The third-order valence-electron chi connectivity index (χ3n) is 2.76. The van der Waals surface area contributed by atoms with Gasteiger partial charge in [-0.25, -0.2) is 4.39 Å². The van der Waals surface area contributed by atoms with Crippen LogP contribution in [-0.2, 0) is 6.61 Å². The van der Waals surface area contributed by atoms with Gasteiger partial charge >= 0.3 is 0 Å². The Balaban J connectivity index is 2.23. The highest BCUT2D eigenvalue weighted by Crippen LogP contribution is 2.31. The fourth-order valence-corrected chi connectivity index (χ4v) is 2.47. The van der Waals surface area contributed by atoms with Crippen molar-refractivity contribution in [1.29, 1.82) is 0 Å². The van der Waals surface area contributed by atoms with E-state index in [0.717, 1.165) is 0 Å². The molecule has 0 atom stereocenters. The molecule has 0 amide bonds. The first-order chi connectivity index (χ1) is 10.0. The molecule has 7 heteroatoms. The van der Waals surface area contributed by atoms with Crippen LogP contribution in [0, 0.1) is 5.82 Å². The number of nitrogens with two attached hydrogens (primary N) is 1. The van der Waals surface area contributed by atoms with Crippen molar-refractivity contribution in [3.63, 3.8) is 0 Å². The van der Waals surface area contributed by atoms with Crippen LogP contribution in [0.5, 0.6) is 5.75 Å². The molecule has 0 radical (unpaired) electrons. The topological polar surface area (TPSA) is 67.8 Å². The zero-order valence-electron chi connectivity index (χ0n) is 10.7. The van der Waals surface area contributed by atoms with Crippen LogP contribution in [0.15, 0.2) is 46.0 Å². The lowest BCUT2D eigenvalue weighted by atomic mass is 10.1. The van der Waals surface area contributed by atoms with E-state index in [0.29, 0.717) is 21.3 Å². The number of ether oxygens (including phenoxy) is 1. The lowest BCUT2D eigenvalue weighted by Gasteiger charge is -2.12. The van der Waals surface area contributed by atoms with Gasteiger partial charge in [0, 0.05) is 17.2 Å². The molecule has 0 saturated carbocycles. The highest BCUT2D eigenvalue weighted by Gasteiger charge is 2.10. The molecule has 0 bridgehead atoms. The molecule has 0 fully saturated rings. The van der Waals surface area contributed by atoms with Crippen LogP contribution >= 0.6 is 27.5 Å². The summed E-state index contributed by atoms with van der Waals surface area (Å²) in [6.45, 7) is 0.131. The summed E-state index contributed by atoms with van der Waals surface area (Å²) in [6.07, 6.45) is 0. The molecule has 0 saturated heterocycles. The number of hydrogen-bond acceptors (Lipinski definition) is 3. The van der Waals surface area contributed by atoms with E-state index < -0.39 is 5.82 Å². The molecule has 0 spiro atoms. The Hall–Kier alpha value is -1.79. The number of amidine groups is 1. The van der Waals surface area contributed by atoms with Gasteiger partial charge in [-0.15, -0.1) is 0 Å². The Bertz CT molecular complexity index is 695. The molecule has 0 aliphatic heterocycles. The van der Waals surface area contributed by atoms with Crippen molar-refractivity contribution in [2.24, 2.45) is 10.9 Å². The van der Waals surface area contributed by atoms with Crippen LogP contribution in [0.3, 0.4) is 0 Å². The molecule has 21 heavy (non-hydrogen) atoms. The number of nitrogens with zero attached hydrogens (tertiary/aromatic N) is 1. The van der Waals surface area contributed by atoms with E-state index in [1.807, 2.05) is 0 Å². The van der Waals surface area contributed by atoms with Crippen molar-refractivity contribution in [1.82, 2.24) is 0 Å². The normalized spacial score (nSPS) is 11.5. The summed E-state index contributed by atoms with van der Waals surface area (Å²) < 4.78 is 19.5. The van der Waals surface area contributed by atoms with Crippen LogP contribution in [0.1, 0.15) is 11.1 Å². The second-order valence-electron chi connectivity index (χ2n) is 4.13. The highest BCUT2D eigenvalue weighted by atomic mass is 79.9. The summed E-state index contributed by atoms with van der Waals surface area (Å²) in [7, 11) is 0. The average molecular weight is 374 g/mol. The fraction of sp³-hybridized carbons (Fsp3) is 0.0714. The summed E-state index contributed by atoms with van der Waals surface area (Å²) in [6, 6.07) is 9.64. The zero-order valence-corrected chi connectivity index (χ0v) is 13.0. The zero-order chi connectivity index (χ0) is 15.4. The van der Waals surface area contributed by atoms with Gasteiger partial charge in [0.05, 0.1) is 9.50 Å². The smallest absolute Gasteiger partial charge is 0.170 e. The fourth-order valence-electron chi connectivity index (χ4n) is 1.72. The minimum Gasteiger partial charge on any atom is -0.488 e. The Morgan fingerprint density at radius 1 is 1.38 bits per heavy atom. The molecular formula is C14H11BrClFN2O2. The van der Waals surface area contributed by atoms with Gasteiger partial charge in [0.1, 0.15) is 18.2 Å². The molecule has 2 rings (SSSR count). The van der Waals surface area contributed by atoms with Crippen molar-refractivity contribution in [2.75, 3.05) is 0 Å². The molecule has 4 nitrogen and oxygen atoms in total. The van der Waals surface area contributed by atoms with Crippen molar-refractivity contribution in [3.05, 3.63) is 62.8 Å². The largest absolute Gasteiger partial charge is 0.488 e. The minimum atomic E-state index is -0.570. The predicted octanol–water partition coefficient (Wildman–Crippen LogP) is 3.92. The average Bonchev–Trinajstić information content (AvgIpc) is 2.49. The van der Waals surface area contributed by atoms with Crippen LogP contribution in [0.2, 0.25) is 5.02 Å².